The topological polar surface area (TPSA) is 34.2 Å². The lowest BCUT2D eigenvalue weighted by molar-refractivity contribution is -0.0494. The summed E-state index contributed by atoms with van der Waals surface area (Å²) in [6.07, 6.45) is 2.51. The van der Waals surface area contributed by atoms with E-state index in [9.17, 15) is 13.2 Å². The van der Waals surface area contributed by atoms with Gasteiger partial charge in [0.05, 0.1) is 5.56 Å². The Kier molecular flexibility index (Phi) is 4.10. The largest absolute Gasteiger partial charge is 0.434 e. The van der Waals surface area contributed by atoms with Crippen LogP contribution in [-0.4, -0.2) is 24.7 Å². The van der Waals surface area contributed by atoms with Crippen molar-refractivity contribution in [1.82, 2.24) is 10.3 Å². The number of ether oxygens (including phenoxy) is 1. The summed E-state index contributed by atoms with van der Waals surface area (Å²) >= 11 is 1.40. The molecule has 0 atom stereocenters. The average molecular weight is 328 g/mol. The van der Waals surface area contributed by atoms with E-state index >= 15 is 0 Å². The first kappa shape index (κ1) is 15.3. The molecule has 0 radical (unpaired) electrons. The maximum absolute atomic E-state index is 14.5. The van der Waals surface area contributed by atoms with Crippen molar-refractivity contribution in [2.75, 3.05) is 13.1 Å². The molecule has 118 valence electrons. The first-order valence-electron chi connectivity index (χ1n) is 6.96. The molecule has 7 heteroatoms. The number of hydrogen-bond acceptors (Lipinski definition) is 4. The summed E-state index contributed by atoms with van der Waals surface area (Å²) in [5.41, 5.74) is -0.592. The lowest BCUT2D eigenvalue weighted by Crippen LogP contribution is -2.53. The Labute approximate surface area is 130 Å². The normalized spacial score (nSPS) is 16.6. The van der Waals surface area contributed by atoms with E-state index in [1.165, 1.54) is 23.5 Å². The molecule has 0 spiro atoms. The van der Waals surface area contributed by atoms with Crippen LogP contribution in [0.2, 0.25) is 0 Å². The standard InChI is InChI=1S/C15H15F3N2OS/c1-2-10-6-20-13(22-10)11-5-9(15(18)7-19-8-15)3-4-12(11)21-14(16)17/h3-6,14,19H,2,7-8H2,1H3. The zero-order valence-electron chi connectivity index (χ0n) is 11.9. The van der Waals surface area contributed by atoms with Gasteiger partial charge in [0.15, 0.2) is 5.67 Å². The predicted molar refractivity (Wildman–Crippen MR) is 79.2 cm³/mol. The van der Waals surface area contributed by atoms with E-state index in [1.807, 2.05) is 6.92 Å². The number of hydrogen-bond donors (Lipinski definition) is 1. The molecule has 1 aromatic carbocycles. The number of alkyl halides is 3. The van der Waals surface area contributed by atoms with Gasteiger partial charge in [-0.05, 0) is 24.1 Å². The highest BCUT2D eigenvalue weighted by molar-refractivity contribution is 7.15. The van der Waals surface area contributed by atoms with E-state index in [0.29, 0.717) is 16.1 Å². The summed E-state index contributed by atoms with van der Waals surface area (Å²) in [5, 5.41) is 3.44. The molecule has 0 bridgehead atoms. The van der Waals surface area contributed by atoms with Gasteiger partial charge in [-0.1, -0.05) is 13.0 Å². The summed E-state index contributed by atoms with van der Waals surface area (Å²) in [6.45, 7) is -0.500. The minimum absolute atomic E-state index is 0.0200. The number of aryl methyl sites for hydroxylation is 1. The molecule has 1 saturated heterocycles. The van der Waals surface area contributed by atoms with Crippen molar-refractivity contribution in [3.05, 3.63) is 34.8 Å². The van der Waals surface area contributed by atoms with Crippen LogP contribution in [0.1, 0.15) is 17.4 Å². The molecule has 0 unspecified atom stereocenters. The lowest BCUT2D eigenvalue weighted by atomic mass is 9.89. The van der Waals surface area contributed by atoms with Crippen LogP contribution < -0.4 is 10.1 Å². The van der Waals surface area contributed by atoms with Crippen molar-refractivity contribution in [3.8, 4) is 16.3 Å². The number of rotatable bonds is 5. The Hall–Kier alpha value is -1.60. The second-order valence-corrected chi connectivity index (χ2v) is 6.26. The smallest absolute Gasteiger partial charge is 0.387 e. The molecule has 1 fully saturated rings. The van der Waals surface area contributed by atoms with Crippen molar-refractivity contribution in [1.29, 1.82) is 0 Å². The van der Waals surface area contributed by atoms with E-state index in [-0.39, 0.29) is 18.8 Å². The Morgan fingerprint density at radius 3 is 2.73 bits per heavy atom. The van der Waals surface area contributed by atoms with Crippen molar-refractivity contribution in [3.63, 3.8) is 0 Å². The molecule has 0 aliphatic carbocycles. The zero-order chi connectivity index (χ0) is 15.7. The number of thiazole rings is 1. The van der Waals surface area contributed by atoms with Crippen molar-refractivity contribution < 1.29 is 17.9 Å². The third-order valence-electron chi connectivity index (χ3n) is 3.66. The molecule has 3 rings (SSSR count). The van der Waals surface area contributed by atoms with Crippen LogP contribution in [0.25, 0.3) is 10.6 Å². The summed E-state index contributed by atoms with van der Waals surface area (Å²) in [7, 11) is 0. The maximum Gasteiger partial charge on any atom is 0.387 e. The molecule has 1 N–H and O–H groups in total. The molecular weight excluding hydrogens is 313 g/mol. The SMILES string of the molecule is CCc1cnc(-c2cc(C3(F)CNC3)ccc2OC(F)F)s1. The number of nitrogens with zero attached hydrogens (tertiary/aromatic N) is 1. The van der Waals surface area contributed by atoms with Gasteiger partial charge in [-0.3, -0.25) is 0 Å². The minimum Gasteiger partial charge on any atom is -0.434 e. The molecule has 1 aromatic heterocycles. The van der Waals surface area contributed by atoms with Gasteiger partial charge < -0.3 is 10.1 Å². The summed E-state index contributed by atoms with van der Waals surface area (Å²) in [4.78, 5) is 5.28. The molecule has 1 aliphatic rings. The maximum atomic E-state index is 14.5. The van der Waals surface area contributed by atoms with Gasteiger partial charge in [0.1, 0.15) is 10.8 Å². The molecular formula is C15H15F3N2OS. The van der Waals surface area contributed by atoms with Crippen LogP contribution in [0, 0.1) is 0 Å². The summed E-state index contributed by atoms with van der Waals surface area (Å²) < 4.78 is 44.2. The fourth-order valence-electron chi connectivity index (χ4n) is 2.32. The van der Waals surface area contributed by atoms with E-state index in [0.717, 1.165) is 11.3 Å². The third-order valence-corrected chi connectivity index (χ3v) is 4.83. The first-order valence-corrected chi connectivity index (χ1v) is 7.77. The number of nitrogens with one attached hydrogen (secondary N) is 1. The molecule has 2 heterocycles. The monoisotopic (exact) mass is 328 g/mol. The van der Waals surface area contributed by atoms with E-state index in [1.54, 1.807) is 12.3 Å². The van der Waals surface area contributed by atoms with Gasteiger partial charge >= 0.3 is 6.61 Å². The lowest BCUT2D eigenvalue weighted by Gasteiger charge is -2.35. The Morgan fingerprint density at radius 1 is 1.41 bits per heavy atom. The fraction of sp³-hybridized carbons (Fsp3) is 0.400. The highest BCUT2D eigenvalue weighted by Gasteiger charge is 2.39. The number of aromatic nitrogens is 1. The average Bonchev–Trinajstić information content (AvgIpc) is 2.93. The molecule has 1 aliphatic heterocycles. The highest BCUT2D eigenvalue weighted by atomic mass is 32.1. The van der Waals surface area contributed by atoms with Crippen LogP contribution in [0.4, 0.5) is 13.2 Å². The zero-order valence-corrected chi connectivity index (χ0v) is 12.7. The number of halogens is 3. The summed E-state index contributed by atoms with van der Waals surface area (Å²) in [6, 6.07) is 4.46. The van der Waals surface area contributed by atoms with E-state index in [2.05, 4.69) is 15.0 Å². The quantitative estimate of drug-likeness (QED) is 0.908. The fourth-order valence-corrected chi connectivity index (χ4v) is 3.19. The predicted octanol–water partition coefficient (Wildman–Crippen LogP) is 3.74. The van der Waals surface area contributed by atoms with E-state index < -0.39 is 12.3 Å². The molecule has 0 saturated carbocycles. The molecule has 3 nitrogen and oxygen atoms in total. The summed E-state index contributed by atoms with van der Waals surface area (Å²) in [5.74, 6) is 0.0200. The molecule has 2 aromatic rings. The van der Waals surface area contributed by atoms with Gasteiger partial charge in [0, 0.05) is 24.2 Å². The van der Waals surface area contributed by atoms with Crippen LogP contribution in [0.15, 0.2) is 24.4 Å². The van der Waals surface area contributed by atoms with Crippen LogP contribution in [0.5, 0.6) is 5.75 Å². The van der Waals surface area contributed by atoms with Crippen molar-refractivity contribution in [2.24, 2.45) is 0 Å². The van der Waals surface area contributed by atoms with Gasteiger partial charge in [-0.25, -0.2) is 9.37 Å². The second kappa shape index (κ2) is 5.89. The Morgan fingerprint density at radius 2 is 2.18 bits per heavy atom. The Balaban J connectivity index is 2.04. The first-order chi connectivity index (χ1) is 10.5. The molecule has 0 amide bonds. The van der Waals surface area contributed by atoms with Crippen LogP contribution >= 0.6 is 11.3 Å². The Bertz CT molecular complexity index is 671. The third kappa shape index (κ3) is 2.83. The van der Waals surface area contributed by atoms with Crippen molar-refractivity contribution >= 4 is 11.3 Å². The second-order valence-electron chi connectivity index (χ2n) is 5.14. The van der Waals surface area contributed by atoms with Gasteiger partial charge in [-0.2, -0.15) is 8.78 Å². The van der Waals surface area contributed by atoms with Gasteiger partial charge in [0.25, 0.3) is 0 Å². The number of benzene rings is 1. The minimum atomic E-state index is -2.93. The van der Waals surface area contributed by atoms with E-state index in [4.69, 9.17) is 0 Å². The van der Waals surface area contributed by atoms with Crippen molar-refractivity contribution in [2.45, 2.75) is 25.6 Å². The highest BCUT2D eigenvalue weighted by Crippen LogP contribution is 2.39. The molecule has 22 heavy (non-hydrogen) atoms. The van der Waals surface area contributed by atoms with Crippen LogP contribution in [0.3, 0.4) is 0 Å². The van der Waals surface area contributed by atoms with Gasteiger partial charge in [-0.15, -0.1) is 11.3 Å². The van der Waals surface area contributed by atoms with Gasteiger partial charge in [0.2, 0.25) is 0 Å². The van der Waals surface area contributed by atoms with Crippen LogP contribution in [-0.2, 0) is 12.1 Å².